The Morgan fingerprint density at radius 3 is 2.73 bits per heavy atom. The van der Waals surface area contributed by atoms with Gasteiger partial charge < -0.3 is 5.11 Å². The van der Waals surface area contributed by atoms with Crippen LogP contribution in [-0.2, 0) is 9.59 Å². The minimum Gasteiger partial charge on any atom is -0.481 e. The molecule has 0 amide bonds. The van der Waals surface area contributed by atoms with Crippen LogP contribution in [-0.4, -0.2) is 16.9 Å². The van der Waals surface area contributed by atoms with E-state index in [1.807, 2.05) is 6.92 Å². The summed E-state index contributed by atoms with van der Waals surface area (Å²) in [7, 11) is 0. The van der Waals surface area contributed by atoms with Gasteiger partial charge in [-0.05, 0) is 12.3 Å². The number of hydrogen-bond acceptors (Lipinski definition) is 2. The predicted molar refractivity (Wildman–Crippen MR) is 39.1 cm³/mol. The van der Waals surface area contributed by atoms with Gasteiger partial charge in [0.2, 0.25) is 0 Å². The molecule has 0 aliphatic heterocycles. The van der Waals surface area contributed by atoms with Gasteiger partial charge in [0.05, 0.1) is 0 Å². The lowest BCUT2D eigenvalue weighted by molar-refractivity contribution is -0.138. The SMILES string of the molecule is CC1C(=O)CCC1CC(=O)O. The molecule has 0 radical (unpaired) electrons. The normalized spacial score (nSPS) is 30.8. The Morgan fingerprint density at radius 1 is 1.73 bits per heavy atom. The van der Waals surface area contributed by atoms with Crippen LogP contribution in [0.5, 0.6) is 0 Å². The molecule has 1 N–H and O–H groups in total. The second kappa shape index (κ2) is 3.03. The fraction of sp³-hybridized carbons (Fsp3) is 0.750. The summed E-state index contributed by atoms with van der Waals surface area (Å²) in [6.07, 6.45) is 1.47. The number of ketones is 1. The smallest absolute Gasteiger partial charge is 0.303 e. The average molecular weight is 156 g/mol. The number of carboxylic acids is 1. The highest BCUT2D eigenvalue weighted by molar-refractivity contribution is 5.83. The summed E-state index contributed by atoms with van der Waals surface area (Å²) < 4.78 is 0. The number of carbonyl (C=O) groups excluding carboxylic acids is 1. The molecule has 2 atom stereocenters. The molecular weight excluding hydrogens is 144 g/mol. The Hall–Kier alpha value is -0.860. The van der Waals surface area contributed by atoms with Crippen LogP contribution >= 0.6 is 0 Å². The first-order valence-corrected chi connectivity index (χ1v) is 3.85. The van der Waals surface area contributed by atoms with Gasteiger partial charge in [0.15, 0.2) is 0 Å². The second-order valence-electron chi connectivity index (χ2n) is 3.15. The summed E-state index contributed by atoms with van der Waals surface area (Å²) >= 11 is 0. The molecule has 1 saturated carbocycles. The van der Waals surface area contributed by atoms with E-state index in [9.17, 15) is 9.59 Å². The number of carboxylic acid groups (broad SMARTS) is 1. The molecule has 0 aromatic rings. The van der Waals surface area contributed by atoms with E-state index in [0.717, 1.165) is 6.42 Å². The minimum absolute atomic E-state index is 0.0360. The minimum atomic E-state index is -0.795. The lowest BCUT2D eigenvalue weighted by atomic mass is 9.94. The van der Waals surface area contributed by atoms with Gasteiger partial charge in [-0.25, -0.2) is 0 Å². The van der Waals surface area contributed by atoms with E-state index in [-0.39, 0.29) is 24.0 Å². The van der Waals surface area contributed by atoms with Crippen molar-refractivity contribution in [2.45, 2.75) is 26.2 Å². The van der Waals surface area contributed by atoms with Crippen molar-refractivity contribution in [3.05, 3.63) is 0 Å². The largest absolute Gasteiger partial charge is 0.481 e. The van der Waals surface area contributed by atoms with Crippen LogP contribution in [0.25, 0.3) is 0 Å². The van der Waals surface area contributed by atoms with E-state index in [4.69, 9.17) is 5.11 Å². The number of hydrogen-bond donors (Lipinski definition) is 1. The average Bonchev–Trinajstić information content (AvgIpc) is 2.18. The quantitative estimate of drug-likeness (QED) is 0.650. The van der Waals surface area contributed by atoms with Crippen molar-refractivity contribution in [3.63, 3.8) is 0 Å². The van der Waals surface area contributed by atoms with Gasteiger partial charge >= 0.3 is 5.97 Å². The van der Waals surface area contributed by atoms with Crippen LogP contribution < -0.4 is 0 Å². The standard InChI is InChI=1S/C8H12O3/c1-5-6(4-8(10)11)2-3-7(5)9/h5-6H,2-4H2,1H3,(H,10,11). The lowest BCUT2D eigenvalue weighted by Crippen LogP contribution is -2.14. The monoisotopic (exact) mass is 156 g/mol. The molecule has 3 heteroatoms. The highest BCUT2D eigenvalue weighted by atomic mass is 16.4. The van der Waals surface area contributed by atoms with Gasteiger partial charge in [0.25, 0.3) is 0 Å². The first-order valence-electron chi connectivity index (χ1n) is 3.85. The summed E-state index contributed by atoms with van der Waals surface area (Å²) in [5, 5.41) is 8.47. The van der Waals surface area contributed by atoms with Crippen LogP contribution in [0.3, 0.4) is 0 Å². The van der Waals surface area contributed by atoms with Gasteiger partial charge in [0.1, 0.15) is 5.78 Å². The molecule has 0 heterocycles. The maximum absolute atomic E-state index is 11.0. The third-order valence-corrected chi connectivity index (χ3v) is 2.41. The molecule has 1 rings (SSSR count). The van der Waals surface area contributed by atoms with Crippen LogP contribution in [0.2, 0.25) is 0 Å². The number of Topliss-reactive ketones (excluding diaryl/α,β-unsaturated/α-hetero) is 1. The molecule has 1 aliphatic rings. The Morgan fingerprint density at radius 2 is 2.36 bits per heavy atom. The summed E-state index contributed by atoms with van der Waals surface area (Å²) in [4.78, 5) is 21.3. The number of aliphatic carboxylic acids is 1. The van der Waals surface area contributed by atoms with Crippen LogP contribution in [0, 0.1) is 11.8 Å². The van der Waals surface area contributed by atoms with Crippen molar-refractivity contribution in [1.29, 1.82) is 0 Å². The van der Waals surface area contributed by atoms with Crippen molar-refractivity contribution in [1.82, 2.24) is 0 Å². The third kappa shape index (κ3) is 1.79. The molecule has 1 fully saturated rings. The Balaban J connectivity index is 2.48. The molecule has 1 aliphatic carbocycles. The van der Waals surface area contributed by atoms with Gasteiger partial charge in [-0.15, -0.1) is 0 Å². The summed E-state index contributed by atoms with van der Waals surface area (Å²) in [5.41, 5.74) is 0. The molecule has 0 spiro atoms. The molecule has 0 aromatic carbocycles. The Bertz CT molecular complexity index is 186. The second-order valence-corrected chi connectivity index (χ2v) is 3.15. The van der Waals surface area contributed by atoms with Crippen LogP contribution in [0.1, 0.15) is 26.2 Å². The van der Waals surface area contributed by atoms with E-state index < -0.39 is 5.97 Å². The summed E-state index contributed by atoms with van der Waals surface area (Å²) in [6.45, 7) is 1.82. The summed E-state index contributed by atoms with van der Waals surface area (Å²) in [5.74, 6) is -0.529. The van der Waals surface area contributed by atoms with E-state index in [0.29, 0.717) is 6.42 Å². The zero-order valence-corrected chi connectivity index (χ0v) is 6.54. The number of rotatable bonds is 2. The highest BCUT2D eigenvalue weighted by Crippen LogP contribution is 2.30. The highest BCUT2D eigenvalue weighted by Gasteiger charge is 2.31. The maximum atomic E-state index is 11.0. The summed E-state index contributed by atoms with van der Waals surface area (Å²) in [6, 6.07) is 0. The van der Waals surface area contributed by atoms with Crippen molar-refractivity contribution < 1.29 is 14.7 Å². The zero-order chi connectivity index (χ0) is 8.43. The van der Waals surface area contributed by atoms with E-state index in [2.05, 4.69) is 0 Å². The molecule has 62 valence electrons. The van der Waals surface area contributed by atoms with Gasteiger partial charge in [-0.3, -0.25) is 9.59 Å². The zero-order valence-electron chi connectivity index (χ0n) is 6.54. The molecular formula is C8H12O3. The van der Waals surface area contributed by atoms with E-state index >= 15 is 0 Å². The molecule has 0 bridgehead atoms. The third-order valence-electron chi connectivity index (χ3n) is 2.41. The van der Waals surface area contributed by atoms with Crippen molar-refractivity contribution >= 4 is 11.8 Å². The Kier molecular flexibility index (Phi) is 2.27. The molecule has 3 nitrogen and oxygen atoms in total. The van der Waals surface area contributed by atoms with Crippen molar-refractivity contribution in [2.24, 2.45) is 11.8 Å². The number of carbonyl (C=O) groups is 2. The van der Waals surface area contributed by atoms with Crippen LogP contribution in [0.15, 0.2) is 0 Å². The van der Waals surface area contributed by atoms with Gasteiger partial charge in [-0.1, -0.05) is 6.92 Å². The van der Waals surface area contributed by atoms with E-state index in [1.165, 1.54) is 0 Å². The molecule has 0 saturated heterocycles. The Labute approximate surface area is 65.4 Å². The predicted octanol–water partition coefficient (Wildman–Crippen LogP) is 1.08. The maximum Gasteiger partial charge on any atom is 0.303 e. The molecule has 2 unspecified atom stereocenters. The van der Waals surface area contributed by atoms with E-state index in [1.54, 1.807) is 0 Å². The lowest BCUT2D eigenvalue weighted by Gasteiger charge is -2.09. The van der Waals surface area contributed by atoms with Gasteiger partial charge in [0, 0.05) is 18.8 Å². The van der Waals surface area contributed by atoms with Crippen molar-refractivity contribution in [2.75, 3.05) is 0 Å². The first kappa shape index (κ1) is 8.24. The topological polar surface area (TPSA) is 54.4 Å². The molecule has 0 aromatic heterocycles. The van der Waals surface area contributed by atoms with Gasteiger partial charge in [-0.2, -0.15) is 0 Å². The van der Waals surface area contributed by atoms with Crippen molar-refractivity contribution in [3.8, 4) is 0 Å². The fourth-order valence-electron chi connectivity index (χ4n) is 1.57. The molecule has 11 heavy (non-hydrogen) atoms. The fourth-order valence-corrected chi connectivity index (χ4v) is 1.57. The van der Waals surface area contributed by atoms with Crippen LogP contribution in [0.4, 0.5) is 0 Å². The first-order chi connectivity index (χ1) is 5.11.